The molecule has 144 valence electrons. The molecule has 0 aliphatic rings. The number of rotatable bonds is 7. The second-order valence-corrected chi connectivity index (χ2v) is 7.91. The number of benzene rings is 1. The maximum Gasteiger partial charge on any atom is 0.324 e. The van der Waals surface area contributed by atoms with Crippen molar-refractivity contribution in [1.29, 1.82) is 0 Å². The van der Waals surface area contributed by atoms with E-state index in [0.717, 1.165) is 0 Å². The fraction of sp³-hybridized carbons (Fsp3) is 0.400. The number of hydrogen-bond donors (Lipinski definition) is 3. The van der Waals surface area contributed by atoms with Gasteiger partial charge in [-0.15, -0.1) is 0 Å². The molecule has 1 aromatic rings. The number of nitrogens with two attached hydrogens (primary N) is 1. The lowest BCUT2D eigenvalue weighted by Crippen LogP contribution is -2.48. The average molecular weight is 406 g/mol. The third-order valence-corrected chi connectivity index (χ3v) is 4.92. The van der Waals surface area contributed by atoms with Crippen LogP contribution in [-0.4, -0.2) is 38.5 Å². The largest absolute Gasteiger partial charge is 0.451 e. The van der Waals surface area contributed by atoms with Crippen molar-refractivity contribution in [3.8, 4) is 0 Å². The Morgan fingerprint density at radius 2 is 1.81 bits per heavy atom. The Labute approximate surface area is 156 Å². The van der Waals surface area contributed by atoms with Crippen LogP contribution < -0.4 is 15.8 Å². The van der Waals surface area contributed by atoms with Crippen molar-refractivity contribution in [2.75, 3.05) is 0 Å². The maximum absolute atomic E-state index is 12.3. The van der Waals surface area contributed by atoms with E-state index < -0.39 is 46.0 Å². The van der Waals surface area contributed by atoms with Crippen molar-refractivity contribution >= 4 is 39.5 Å². The summed E-state index contributed by atoms with van der Waals surface area (Å²) in [5.74, 6) is -2.37. The van der Waals surface area contributed by atoms with Crippen molar-refractivity contribution in [1.82, 2.24) is 10.0 Å². The fourth-order valence-electron chi connectivity index (χ4n) is 1.90. The predicted molar refractivity (Wildman–Crippen MR) is 93.7 cm³/mol. The molecular formula is C15H20ClN3O6S. The number of amides is 3. The van der Waals surface area contributed by atoms with Crippen LogP contribution in [0.25, 0.3) is 0 Å². The number of halogens is 1. The monoisotopic (exact) mass is 405 g/mol. The van der Waals surface area contributed by atoms with Crippen LogP contribution >= 0.6 is 11.6 Å². The first kappa shape index (κ1) is 21.9. The van der Waals surface area contributed by atoms with E-state index in [1.165, 1.54) is 31.2 Å². The summed E-state index contributed by atoms with van der Waals surface area (Å²) in [5.41, 5.74) is 4.87. The Balaban J connectivity index is 2.85. The molecule has 0 aliphatic heterocycles. The van der Waals surface area contributed by atoms with Gasteiger partial charge in [0.05, 0.1) is 4.90 Å². The summed E-state index contributed by atoms with van der Waals surface area (Å²) >= 11 is 5.76. The number of hydrogen-bond acceptors (Lipinski definition) is 6. The van der Waals surface area contributed by atoms with Crippen LogP contribution in [0.4, 0.5) is 4.79 Å². The molecule has 0 aliphatic carbocycles. The highest BCUT2D eigenvalue weighted by Crippen LogP contribution is 2.16. The van der Waals surface area contributed by atoms with Crippen molar-refractivity contribution in [2.24, 2.45) is 11.7 Å². The van der Waals surface area contributed by atoms with E-state index in [4.69, 9.17) is 22.1 Å². The van der Waals surface area contributed by atoms with Crippen molar-refractivity contribution < 1.29 is 27.5 Å². The molecule has 0 saturated carbocycles. The number of carbonyl (C=O) groups is 3. The molecule has 0 unspecified atom stereocenters. The minimum Gasteiger partial charge on any atom is -0.451 e. The molecule has 1 aromatic carbocycles. The van der Waals surface area contributed by atoms with Gasteiger partial charge in [-0.2, -0.15) is 4.72 Å². The highest BCUT2D eigenvalue weighted by atomic mass is 35.5. The zero-order chi connectivity index (χ0) is 20.1. The summed E-state index contributed by atoms with van der Waals surface area (Å²) in [7, 11) is -4.03. The molecule has 0 bridgehead atoms. The fourth-order valence-corrected chi connectivity index (χ4v) is 3.39. The number of esters is 1. The van der Waals surface area contributed by atoms with Crippen LogP contribution in [0.15, 0.2) is 29.2 Å². The molecular weight excluding hydrogens is 386 g/mol. The molecule has 26 heavy (non-hydrogen) atoms. The van der Waals surface area contributed by atoms with Crippen LogP contribution in [0, 0.1) is 5.92 Å². The number of ether oxygens (including phenoxy) is 1. The van der Waals surface area contributed by atoms with Gasteiger partial charge in [0.15, 0.2) is 6.10 Å². The van der Waals surface area contributed by atoms with Gasteiger partial charge in [-0.05, 0) is 31.0 Å². The summed E-state index contributed by atoms with van der Waals surface area (Å²) in [6.07, 6.45) is -1.31. The molecule has 9 nitrogen and oxygen atoms in total. The van der Waals surface area contributed by atoms with Crippen molar-refractivity contribution in [3.63, 3.8) is 0 Å². The summed E-state index contributed by atoms with van der Waals surface area (Å²) in [5, 5.41) is 2.03. The molecule has 3 amide bonds. The van der Waals surface area contributed by atoms with Gasteiger partial charge in [0.1, 0.15) is 6.04 Å². The van der Waals surface area contributed by atoms with Gasteiger partial charge in [-0.1, -0.05) is 31.5 Å². The maximum atomic E-state index is 12.3. The quantitative estimate of drug-likeness (QED) is 0.571. The molecule has 4 N–H and O–H groups in total. The first-order chi connectivity index (χ1) is 11.9. The second kappa shape index (κ2) is 8.97. The SMILES string of the molecule is CC(C)[C@H](OC(=O)[C@H](C)NS(=O)(=O)c1cccc(Cl)c1)C(=O)NC(N)=O. The normalized spacial score (nSPS) is 13.7. The van der Waals surface area contributed by atoms with Gasteiger partial charge in [-0.25, -0.2) is 13.2 Å². The Kier molecular flexibility index (Phi) is 7.54. The molecule has 11 heteroatoms. The Morgan fingerprint density at radius 3 is 2.31 bits per heavy atom. The highest BCUT2D eigenvalue weighted by molar-refractivity contribution is 7.89. The molecule has 0 saturated heterocycles. The number of carbonyl (C=O) groups excluding carboxylic acids is 3. The first-order valence-electron chi connectivity index (χ1n) is 7.52. The van der Waals surface area contributed by atoms with Crippen LogP contribution in [0.3, 0.4) is 0 Å². The predicted octanol–water partition coefficient (Wildman–Crippen LogP) is 0.770. The summed E-state index contributed by atoms with van der Waals surface area (Å²) in [6.45, 7) is 4.42. The lowest BCUT2D eigenvalue weighted by molar-refractivity contribution is -0.159. The van der Waals surface area contributed by atoms with Gasteiger partial charge in [0.2, 0.25) is 10.0 Å². The zero-order valence-corrected chi connectivity index (χ0v) is 15.9. The van der Waals surface area contributed by atoms with Crippen molar-refractivity contribution in [3.05, 3.63) is 29.3 Å². The minimum absolute atomic E-state index is 0.128. The smallest absolute Gasteiger partial charge is 0.324 e. The van der Waals surface area contributed by atoms with Gasteiger partial charge >= 0.3 is 12.0 Å². The number of imide groups is 1. The summed E-state index contributed by atoms with van der Waals surface area (Å²) in [6, 6.07) is 3.10. The van der Waals surface area contributed by atoms with Crippen LogP contribution in [-0.2, 0) is 24.3 Å². The van der Waals surface area contributed by atoms with Crippen molar-refractivity contribution in [2.45, 2.75) is 37.8 Å². The lowest BCUT2D eigenvalue weighted by atomic mass is 10.1. The molecule has 0 heterocycles. The van der Waals surface area contributed by atoms with Crippen LogP contribution in [0.1, 0.15) is 20.8 Å². The minimum atomic E-state index is -4.03. The number of sulfonamides is 1. The highest BCUT2D eigenvalue weighted by Gasteiger charge is 2.31. The summed E-state index contributed by atoms with van der Waals surface area (Å²) in [4.78, 5) is 34.7. The molecule has 0 spiro atoms. The molecule has 1 rings (SSSR count). The van der Waals surface area contributed by atoms with Crippen LogP contribution in [0.2, 0.25) is 5.02 Å². The van der Waals surface area contributed by atoms with Gasteiger partial charge in [-0.3, -0.25) is 14.9 Å². The number of urea groups is 1. The van der Waals surface area contributed by atoms with E-state index >= 15 is 0 Å². The van der Waals surface area contributed by atoms with E-state index in [9.17, 15) is 22.8 Å². The molecule has 0 aromatic heterocycles. The number of primary amides is 1. The Hall–Kier alpha value is -2.17. The third-order valence-electron chi connectivity index (χ3n) is 3.15. The Morgan fingerprint density at radius 1 is 1.19 bits per heavy atom. The molecule has 0 fully saturated rings. The van der Waals surface area contributed by atoms with Gasteiger partial charge in [0, 0.05) is 5.02 Å². The molecule has 2 atom stereocenters. The first-order valence-corrected chi connectivity index (χ1v) is 9.39. The second-order valence-electron chi connectivity index (χ2n) is 5.76. The van der Waals surface area contributed by atoms with Crippen LogP contribution in [0.5, 0.6) is 0 Å². The van der Waals surface area contributed by atoms with E-state index in [1.807, 2.05) is 5.32 Å². The van der Waals surface area contributed by atoms with E-state index in [-0.39, 0.29) is 9.92 Å². The van der Waals surface area contributed by atoms with E-state index in [2.05, 4.69) is 4.72 Å². The standard InChI is InChI=1S/C15H20ClN3O6S/c1-8(2)12(13(20)18-15(17)22)25-14(21)9(3)19-26(23,24)11-6-4-5-10(16)7-11/h4-9,12,19H,1-3H3,(H3,17,18,20,22)/t9-,12-/m0/s1. The van der Waals surface area contributed by atoms with Gasteiger partial charge in [0.25, 0.3) is 5.91 Å². The summed E-state index contributed by atoms with van der Waals surface area (Å²) < 4.78 is 31.7. The van der Waals surface area contributed by atoms with E-state index in [0.29, 0.717) is 0 Å². The Bertz CT molecular complexity index is 796. The average Bonchev–Trinajstić information content (AvgIpc) is 2.50. The number of nitrogens with one attached hydrogen (secondary N) is 2. The molecule has 0 radical (unpaired) electrons. The van der Waals surface area contributed by atoms with Gasteiger partial charge < -0.3 is 10.5 Å². The topological polar surface area (TPSA) is 145 Å². The third kappa shape index (κ3) is 6.28. The van der Waals surface area contributed by atoms with E-state index in [1.54, 1.807) is 13.8 Å². The lowest BCUT2D eigenvalue weighted by Gasteiger charge is -2.22. The zero-order valence-electron chi connectivity index (χ0n) is 14.4.